The van der Waals surface area contributed by atoms with Gasteiger partial charge in [0.15, 0.2) is 0 Å². The number of carbonyl (C=O) groups is 1. The van der Waals surface area contributed by atoms with Crippen LogP contribution in [0.2, 0.25) is 0 Å². The summed E-state index contributed by atoms with van der Waals surface area (Å²) in [6.45, 7) is 4.42. The highest BCUT2D eigenvalue weighted by Crippen LogP contribution is 2.19. The Labute approximate surface area is 125 Å². The van der Waals surface area contributed by atoms with Crippen molar-refractivity contribution in [3.8, 4) is 5.75 Å². The largest absolute Gasteiger partial charge is 0.490 e. The number of rotatable bonds is 6. The number of hydrogen-bond donors (Lipinski definition) is 1. The molecule has 2 aromatic rings. The van der Waals surface area contributed by atoms with Crippen molar-refractivity contribution in [3.63, 3.8) is 0 Å². The third-order valence-electron chi connectivity index (χ3n) is 3.05. The van der Waals surface area contributed by atoms with Gasteiger partial charge in [0.2, 0.25) is 0 Å². The summed E-state index contributed by atoms with van der Waals surface area (Å²) in [4.78, 5) is 16.5. The van der Waals surface area contributed by atoms with E-state index in [0.717, 1.165) is 5.82 Å². The van der Waals surface area contributed by atoms with Crippen molar-refractivity contribution < 1.29 is 9.53 Å². The fourth-order valence-corrected chi connectivity index (χ4v) is 2.03. The van der Waals surface area contributed by atoms with E-state index in [9.17, 15) is 4.79 Å². The third-order valence-corrected chi connectivity index (χ3v) is 3.05. The molecule has 1 aromatic carbocycles. The van der Waals surface area contributed by atoms with E-state index in [4.69, 9.17) is 4.74 Å². The standard InChI is InChI=1S/C16H21N3O2/c1-12(2)21-14-7-5-4-6-13(14)16(20)18-9-8-15-17-10-11-19(15)3/h4-7,10-12H,8-9H2,1-3H3,(H,18,20). The molecule has 0 unspecified atom stereocenters. The lowest BCUT2D eigenvalue weighted by Crippen LogP contribution is -2.27. The van der Waals surface area contributed by atoms with Crippen molar-refractivity contribution >= 4 is 5.91 Å². The van der Waals surface area contributed by atoms with Gasteiger partial charge in [0.1, 0.15) is 11.6 Å². The first-order chi connectivity index (χ1) is 10.1. The van der Waals surface area contributed by atoms with E-state index >= 15 is 0 Å². The Balaban J connectivity index is 1.96. The third kappa shape index (κ3) is 4.08. The molecule has 0 aliphatic rings. The van der Waals surface area contributed by atoms with E-state index in [2.05, 4.69) is 10.3 Å². The van der Waals surface area contributed by atoms with Crippen LogP contribution < -0.4 is 10.1 Å². The number of para-hydroxylation sites is 1. The predicted octanol–water partition coefficient (Wildman–Crippen LogP) is 2.18. The number of aryl methyl sites for hydroxylation is 1. The lowest BCUT2D eigenvalue weighted by atomic mass is 10.2. The molecule has 0 spiro atoms. The number of aromatic nitrogens is 2. The van der Waals surface area contributed by atoms with Crippen LogP contribution in [0.15, 0.2) is 36.7 Å². The van der Waals surface area contributed by atoms with Crippen LogP contribution in [0.25, 0.3) is 0 Å². The topological polar surface area (TPSA) is 56.1 Å². The highest BCUT2D eigenvalue weighted by atomic mass is 16.5. The number of benzene rings is 1. The van der Waals surface area contributed by atoms with Gasteiger partial charge in [-0.1, -0.05) is 12.1 Å². The van der Waals surface area contributed by atoms with Crippen molar-refractivity contribution in [1.29, 1.82) is 0 Å². The van der Waals surface area contributed by atoms with E-state index < -0.39 is 0 Å². The Morgan fingerprint density at radius 1 is 1.38 bits per heavy atom. The fraction of sp³-hybridized carbons (Fsp3) is 0.375. The summed E-state index contributed by atoms with van der Waals surface area (Å²) in [6.07, 6.45) is 4.38. The summed E-state index contributed by atoms with van der Waals surface area (Å²) in [5.74, 6) is 1.43. The molecule has 1 aromatic heterocycles. The zero-order valence-corrected chi connectivity index (χ0v) is 12.7. The molecule has 0 aliphatic heterocycles. The smallest absolute Gasteiger partial charge is 0.255 e. The number of nitrogens with zero attached hydrogens (tertiary/aromatic N) is 2. The molecule has 21 heavy (non-hydrogen) atoms. The fourth-order valence-electron chi connectivity index (χ4n) is 2.03. The maximum absolute atomic E-state index is 12.2. The van der Waals surface area contributed by atoms with Crippen LogP contribution in [0.3, 0.4) is 0 Å². The van der Waals surface area contributed by atoms with E-state index in [1.54, 1.807) is 12.3 Å². The highest BCUT2D eigenvalue weighted by Gasteiger charge is 2.12. The number of nitrogens with one attached hydrogen (secondary N) is 1. The van der Waals surface area contributed by atoms with Gasteiger partial charge < -0.3 is 14.6 Å². The van der Waals surface area contributed by atoms with Crippen molar-refractivity contribution in [1.82, 2.24) is 14.9 Å². The first kappa shape index (κ1) is 15.1. The lowest BCUT2D eigenvalue weighted by Gasteiger charge is -2.14. The van der Waals surface area contributed by atoms with Gasteiger partial charge in [0.05, 0.1) is 11.7 Å². The molecular formula is C16H21N3O2. The monoisotopic (exact) mass is 287 g/mol. The average molecular weight is 287 g/mol. The van der Waals surface area contributed by atoms with Crippen LogP contribution >= 0.6 is 0 Å². The number of imidazole rings is 1. The Bertz CT molecular complexity index is 605. The Kier molecular flexibility index (Phi) is 4.98. The molecule has 1 amide bonds. The normalized spacial score (nSPS) is 10.7. The van der Waals surface area contributed by atoms with Gasteiger partial charge in [-0.3, -0.25) is 4.79 Å². The molecule has 112 valence electrons. The molecule has 0 fully saturated rings. The molecule has 0 saturated carbocycles. The van der Waals surface area contributed by atoms with E-state index in [1.807, 2.05) is 49.9 Å². The molecule has 0 saturated heterocycles. The van der Waals surface area contributed by atoms with Gasteiger partial charge in [-0.2, -0.15) is 0 Å². The minimum atomic E-state index is -0.125. The summed E-state index contributed by atoms with van der Waals surface area (Å²) in [5.41, 5.74) is 0.561. The number of hydrogen-bond acceptors (Lipinski definition) is 3. The van der Waals surface area contributed by atoms with Gasteiger partial charge in [0, 0.05) is 32.4 Å². The molecule has 0 atom stereocenters. The number of amides is 1. The van der Waals surface area contributed by atoms with Crippen LogP contribution in [0.1, 0.15) is 30.0 Å². The average Bonchev–Trinajstić information content (AvgIpc) is 2.84. The molecule has 0 aliphatic carbocycles. The van der Waals surface area contributed by atoms with Crippen LogP contribution in [0, 0.1) is 0 Å². The lowest BCUT2D eigenvalue weighted by molar-refractivity contribution is 0.0948. The molecule has 0 bridgehead atoms. The quantitative estimate of drug-likeness (QED) is 0.886. The molecule has 5 nitrogen and oxygen atoms in total. The van der Waals surface area contributed by atoms with E-state index in [1.165, 1.54) is 0 Å². The Morgan fingerprint density at radius 2 is 2.14 bits per heavy atom. The first-order valence-electron chi connectivity index (χ1n) is 7.08. The SMILES string of the molecule is CC(C)Oc1ccccc1C(=O)NCCc1nccn1C. The van der Waals surface area contributed by atoms with Crippen LogP contribution in [0.4, 0.5) is 0 Å². The van der Waals surface area contributed by atoms with Crippen molar-refractivity contribution in [3.05, 3.63) is 48.0 Å². The zero-order chi connectivity index (χ0) is 15.2. The number of ether oxygens (including phenoxy) is 1. The summed E-state index contributed by atoms with van der Waals surface area (Å²) in [6, 6.07) is 7.28. The van der Waals surface area contributed by atoms with Crippen LogP contribution in [0.5, 0.6) is 5.75 Å². The molecular weight excluding hydrogens is 266 g/mol. The molecule has 1 N–H and O–H groups in total. The Morgan fingerprint density at radius 3 is 2.81 bits per heavy atom. The molecule has 1 heterocycles. The highest BCUT2D eigenvalue weighted by molar-refractivity contribution is 5.96. The van der Waals surface area contributed by atoms with E-state index in [-0.39, 0.29) is 12.0 Å². The van der Waals surface area contributed by atoms with Crippen molar-refractivity contribution in [2.45, 2.75) is 26.4 Å². The maximum Gasteiger partial charge on any atom is 0.255 e. The summed E-state index contributed by atoms with van der Waals surface area (Å²) in [7, 11) is 1.94. The van der Waals surface area contributed by atoms with Crippen LogP contribution in [-0.2, 0) is 13.5 Å². The zero-order valence-electron chi connectivity index (χ0n) is 12.7. The second kappa shape index (κ2) is 6.92. The number of carbonyl (C=O) groups excluding carboxylic acids is 1. The van der Waals surface area contributed by atoms with Gasteiger partial charge in [-0.15, -0.1) is 0 Å². The van der Waals surface area contributed by atoms with Gasteiger partial charge in [0.25, 0.3) is 5.91 Å². The maximum atomic E-state index is 12.2. The van der Waals surface area contributed by atoms with Gasteiger partial charge in [-0.05, 0) is 26.0 Å². The van der Waals surface area contributed by atoms with Gasteiger partial charge >= 0.3 is 0 Å². The van der Waals surface area contributed by atoms with Gasteiger partial charge in [-0.25, -0.2) is 4.98 Å². The van der Waals surface area contributed by atoms with Crippen molar-refractivity contribution in [2.75, 3.05) is 6.54 Å². The predicted molar refractivity (Wildman–Crippen MR) is 81.5 cm³/mol. The summed E-state index contributed by atoms with van der Waals surface area (Å²) >= 11 is 0. The summed E-state index contributed by atoms with van der Waals surface area (Å²) in [5, 5.41) is 2.91. The second-order valence-electron chi connectivity index (χ2n) is 5.12. The minimum Gasteiger partial charge on any atom is -0.490 e. The van der Waals surface area contributed by atoms with Crippen molar-refractivity contribution in [2.24, 2.45) is 7.05 Å². The Hall–Kier alpha value is -2.30. The minimum absolute atomic E-state index is 0.0338. The summed E-state index contributed by atoms with van der Waals surface area (Å²) < 4.78 is 7.61. The molecule has 2 rings (SSSR count). The molecule has 5 heteroatoms. The van der Waals surface area contributed by atoms with E-state index in [0.29, 0.717) is 24.3 Å². The molecule has 0 radical (unpaired) electrons. The first-order valence-corrected chi connectivity index (χ1v) is 7.08. The van der Waals surface area contributed by atoms with Crippen LogP contribution in [-0.4, -0.2) is 28.1 Å². The second-order valence-corrected chi connectivity index (χ2v) is 5.12.